The first kappa shape index (κ1) is 25.5. The number of carbonyl (C=O) groups is 2. The molecule has 3 rings (SSSR count). The quantitative estimate of drug-likeness (QED) is 0.736. The Morgan fingerprint density at radius 2 is 1.91 bits per heavy atom. The summed E-state index contributed by atoms with van der Waals surface area (Å²) >= 11 is 0. The average Bonchev–Trinajstić information content (AvgIpc) is 2.79. The lowest BCUT2D eigenvalue weighted by Gasteiger charge is -2.38. The fourth-order valence-electron chi connectivity index (χ4n) is 5.08. The van der Waals surface area contributed by atoms with E-state index in [2.05, 4.69) is 24.1 Å². The lowest BCUT2D eigenvalue weighted by molar-refractivity contribution is -0.114. The van der Waals surface area contributed by atoms with Crippen molar-refractivity contribution in [1.82, 2.24) is 9.80 Å². The second-order valence-corrected chi connectivity index (χ2v) is 9.95. The van der Waals surface area contributed by atoms with E-state index in [9.17, 15) is 9.59 Å². The van der Waals surface area contributed by atoms with E-state index in [0.29, 0.717) is 30.2 Å². The number of likely N-dealkylation sites (N-methyl/N-ethyl adjacent to an activating group) is 1. The Morgan fingerprint density at radius 1 is 1.18 bits per heavy atom. The van der Waals surface area contributed by atoms with E-state index < -0.39 is 0 Å². The third-order valence-electron chi connectivity index (χ3n) is 7.11. The van der Waals surface area contributed by atoms with Crippen LogP contribution in [0.5, 0.6) is 5.75 Å². The molecule has 7 heteroatoms. The SMILES string of the molecule is CO[C@H]1CN(C)C(=O)c2ccc(NC(C)=O)cc2OC[C@H](C)N(CC2CCCCC2)C[C@@H]1C. The van der Waals surface area contributed by atoms with Crippen molar-refractivity contribution in [1.29, 1.82) is 0 Å². The van der Waals surface area contributed by atoms with Crippen molar-refractivity contribution in [3.63, 3.8) is 0 Å². The van der Waals surface area contributed by atoms with Gasteiger partial charge >= 0.3 is 0 Å². The Balaban J connectivity index is 1.89. The maximum atomic E-state index is 13.3. The molecule has 2 aliphatic rings. The second-order valence-electron chi connectivity index (χ2n) is 9.95. The first-order valence-corrected chi connectivity index (χ1v) is 12.3. The van der Waals surface area contributed by atoms with Crippen LogP contribution in [0.1, 0.15) is 63.2 Å². The van der Waals surface area contributed by atoms with Gasteiger partial charge < -0.3 is 19.7 Å². The number of ether oxygens (including phenoxy) is 2. The fourth-order valence-corrected chi connectivity index (χ4v) is 5.08. The van der Waals surface area contributed by atoms with Crippen LogP contribution in [0.4, 0.5) is 5.69 Å². The summed E-state index contributed by atoms with van der Waals surface area (Å²) < 4.78 is 12.1. The highest BCUT2D eigenvalue weighted by Gasteiger charge is 2.29. The van der Waals surface area contributed by atoms with Gasteiger partial charge in [0.05, 0.1) is 11.7 Å². The van der Waals surface area contributed by atoms with Crippen LogP contribution in [0.3, 0.4) is 0 Å². The van der Waals surface area contributed by atoms with Crippen molar-refractivity contribution in [2.75, 3.05) is 45.7 Å². The topological polar surface area (TPSA) is 71.1 Å². The lowest BCUT2D eigenvalue weighted by atomic mass is 9.88. The molecule has 184 valence electrons. The maximum absolute atomic E-state index is 13.3. The number of anilines is 1. The molecule has 1 aromatic rings. The van der Waals surface area contributed by atoms with Gasteiger partial charge in [0.15, 0.2) is 0 Å². The van der Waals surface area contributed by atoms with Gasteiger partial charge in [-0.2, -0.15) is 0 Å². The Labute approximate surface area is 198 Å². The third-order valence-corrected chi connectivity index (χ3v) is 7.11. The smallest absolute Gasteiger partial charge is 0.257 e. The minimum Gasteiger partial charge on any atom is -0.491 e. The molecule has 1 aromatic carbocycles. The number of benzene rings is 1. The van der Waals surface area contributed by atoms with Gasteiger partial charge in [0.1, 0.15) is 12.4 Å². The highest BCUT2D eigenvalue weighted by atomic mass is 16.5. The van der Waals surface area contributed by atoms with E-state index in [1.54, 1.807) is 37.3 Å². The number of hydrogen-bond donors (Lipinski definition) is 1. The summed E-state index contributed by atoms with van der Waals surface area (Å²) in [6, 6.07) is 5.43. The van der Waals surface area contributed by atoms with Gasteiger partial charge in [-0.3, -0.25) is 14.5 Å². The molecular weight excluding hydrogens is 418 g/mol. The normalized spacial score (nSPS) is 26.0. The van der Waals surface area contributed by atoms with Crippen molar-refractivity contribution in [3.05, 3.63) is 23.8 Å². The van der Waals surface area contributed by atoms with Crippen LogP contribution < -0.4 is 10.1 Å². The van der Waals surface area contributed by atoms with Crippen molar-refractivity contribution in [2.45, 2.75) is 65.0 Å². The number of nitrogens with one attached hydrogen (secondary N) is 1. The first-order chi connectivity index (χ1) is 15.8. The van der Waals surface area contributed by atoms with E-state index in [4.69, 9.17) is 9.47 Å². The van der Waals surface area contributed by atoms with E-state index in [0.717, 1.165) is 19.0 Å². The number of rotatable bonds is 4. The summed E-state index contributed by atoms with van der Waals surface area (Å²) in [7, 11) is 3.54. The minimum atomic E-state index is -0.157. The highest BCUT2D eigenvalue weighted by Crippen LogP contribution is 2.29. The van der Waals surface area contributed by atoms with Gasteiger partial charge in [0.2, 0.25) is 5.91 Å². The van der Waals surface area contributed by atoms with Crippen LogP contribution in [0.15, 0.2) is 18.2 Å². The molecule has 1 fully saturated rings. The fraction of sp³-hybridized carbons (Fsp3) is 0.692. The molecule has 0 unspecified atom stereocenters. The molecule has 2 amide bonds. The van der Waals surface area contributed by atoms with Gasteiger partial charge in [0.25, 0.3) is 5.91 Å². The number of nitrogens with zero attached hydrogens (tertiary/aromatic N) is 2. The van der Waals surface area contributed by atoms with Crippen molar-refractivity contribution in [2.24, 2.45) is 11.8 Å². The van der Waals surface area contributed by atoms with Gasteiger partial charge in [-0.15, -0.1) is 0 Å². The van der Waals surface area contributed by atoms with Crippen molar-refractivity contribution < 1.29 is 19.1 Å². The van der Waals surface area contributed by atoms with Crippen molar-refractivity contribution >= 4 is 17.5 Å². The number of fused-ring (bicyclic) bond motifs is 1. The standard InChI is InChI=1S/C26H41N3O4/c1-18-14-29(15-21-9-7-6-8-10-21)19(2)17-33-24-13-22(27-20(3)30)11-12-23(24)26(31)28(4)16-25(18)32-5/h11-13,18-19,21,25H,6-10,14-17H2,1-5H3,(H,27,30)/t18-,19-,25-/m0/s1. The first-order valence-electron chi connectivity index (χ1n) is 12.3. The summed E-state index contributed by atoms with van der Waals surface area (Å²) in [5, 5.41) is 2.79. The monoisotopic (exact) mass is 459 g/mol. The molecule has 3 atom stereocenters. The molecule has 0 bridgehead atoms. The third kappa shape index (κ3) is 6.93. The summed E-state index contributed by atoms with van der Waals surface area (Å²) in [4.78, 5) is 29.1. The van der Waals surface area contributed by atoms with Gasteiger partial charge in [-0.25, -0.2) is 0 Å². The van der Waals surface area contributed by atoms with Crippen molar-refractivity contribution in [3.8, 4) is 5.75 Å². The minimum absolute atomic E-state index is 0.0533. The number of amides is 2. The molecular formula is C26H41N3O4. The molecule has 0 aromatic heterocycles. The second kappa shape index (κ2) is 11.8. The maximum Gasteiger partial charge on any atom is 0.257 e. The number of methoxy groups -OCH3 is 1. The molecule has 7 nitrogen and oxygen atoms in total. The molecule has 0 saturated heterocycles. The van der Waals surface area contributed by atoms with Crippen LogP contribution in [0.25, 0.3) is 0 Å². The van der Waals surface area contributed by atoms with E-state index in [-0.39, 0.29) is 29.9 Å². The lowest BCUT2D eigenvalue weighted by Crippen LogP contribution is -2.48. The molecule has 1 heterocycles. The molecule has 1 saturated carbocycles. The Morgan fingerprint density at radius 3 is 2.58 bits per heavy atom. The summed E-state index contributed by atoms with van der Waals surface area (Å²) in [6.07, 6.45) is 6.55. The Hall–Kier alpha value is -2.12. The van der Waals surface area contributed by atoms with E-state index in [1.165, 1.54) is 39.0 Å². The molecule has 1 aliphatic heterocycles. The molecule has 1 N–H and O–H groups in total. The molecule has 1 aliphatic carbocycles. The molecule has 0 radical (unpaired) electrons. The highest BCUT2D eigenvalue weighted by molar-refractivity contribution is 5.98. The van der Waals surface area contributed by atoms with E-state index >= 15 is 0 Å². The van der Waals surface area contributed by atoms with Gasteiger partial charge in [-0.05, 0) is 43.7 Å². The van der Waals surface area contributed by atoms with Crippen LogP contribution >= 0.6 is 0 Å². The van der Waals surface area contributed by atoms with Crippen LogP contribution in [-0.4, -0.2) is 74.2 Å². The summed E-state index contributed by atoms with van der Waals surface area (Å²) in [6.45, 7) is 8.84. The predicted octanol–water partition coefficient (Wildman–Crippen LogP) is 4.03. The van der Waals surface area contributed by atoms with E-state index in [1.807, 2.05) is 0 Å². The number of carbonyl (C=O) groups excluding carboxylic acids is 2. The average molecular weight is 460 g/mol. The zero-order chi connectivity index (χ0) is 24.0. The zero-order valence-electron chi connectivity index (χ0n) is 20.9. The molecule has 0 spiro atoms. The largest absolute Gasteiger partial charge is 0.491 e. The number of hydrogen-bond acceptors (Lipinski definition) is 5. The summed E-state index contributed by atoms with van der Waals surface area (Å²) in [5.74, 6) is 1.24. The van der Waals surface area contributed by atoms with Crippen LogP contribution in [0.2, 0.25) is 0 Å². The van der Waals surface area contributed by atoms with Gasteiger partial charge in [0, 0.05) is 58.5 Å². The predicted molar refractivity (Wildman–Crippen MR) is 131 cm³/mol. The molecule has 33 heavy (non-hydrogen) atoms. The Kier molecular flexibility index (Phi) is 9.15. The zero-order valence-corrected chi connectivity index (χ0v) is 20.9. The van der Waals surface area contributed by atoms with Crippen LogP contribution in [0, 0.1) is 11.8 Å². The Bertz CT molecular complexity index is 809. The van der Waals surface area contributed by atoms with Gasteiger partial charge in [-0.1, -0.05) is 26.2 Å². The van der Waals surface area contributed by atoms with Crippen LogP contribution in [-0.2, 0) is 9.53 Å². The summed E-state index contributed by atoms with van der Waals surface area (Å²) in [5.41, 5.74) is 1.12.